The average Bonchev–Trinajstić information content (AvgIpc) is 2.89. The summed E-state index contributed by atoms with van der Waals surface area (Å²) in [5.41, 5.74) is -1.56. The molecule has 0 radical (unpaired) electrons. The molecule has 1 aliphatic rings. The van der Waals surface area contributed by atoms with Gasteiger partial charge in [-0.1, -0.05) is 81.4 Å². The van der Waals surface area contributed by atoms with E-state index < -0.39 is 48.2 Å². The van der Waals surface area contributed by atoms with Gasteiger partial charge in [-0.05, 0) is 40.0 Å². The number of benzene rings is 3. The Morgan fingerprint density at radius 1 is 0.868 bits per heavy atom. The second-order valence-corrected chi connectivity index (χ2v) is 14.9. The summed E-state index contributed by atoms with van der Waals surface area (Å²) in [5.74, 6) is -6.45. The summed E-state index contributed by atoms with van der Waals surface area (Å²) in [5, 5.41) is 1.49. The molecule has 1 aliphatic heterocycles. The molecule has 1 saturated heterocycles. The van der Waals surface area contributed by atoms with Gasteiger partial charge in [0.15, 0.2) is 17.5 Å². The van der Waals surface area contributed by atoms with Crippen LogP contribution in [0.4, 0.5) is 13.2 Å². The summed E-state index contributed by atoms with van der Waals surface area (Å²) in [6.45, 7) is 7.43. The van der Waals surface area contributed by atoms with Crippen LogP contribution < -0.4 is 10.4 Å². The van der Waals surface area contributed by atoms with Gasteiger partial charge in [0.25, 0.3) is 8.32 Å². The number of hydrogen-bond donors (Lipinski definition) is 0. The molecule has 1 heterocycles. The highest BCUT2D eigenvalue weighted by Crippen LogP contribution is 2.40. The molecule has 1 amide bonds. The Kier molecular flexibility index (Phi) is 7.54. The average molecular weight is 542 g/mol. The van der Waals surface area contributed by atoms with Crippen LogP contribution in [0.15, 0.2) is 72.8 Å². The van der Waals surface area contributed by atoms with E-state index in [1.54, 1.807) is 6.92 Å². The van der Waals surface area contributed by atoms with Crippen molar-refractivity contribution in [2.75, 3.05) is 19.8 Å². The predicted molar refractivity (Wildman–Crippen MR) is 140 cm³/mol. The molecule has 0 saturated carbocycles. The number of halogens is 3. The first-order valence-corrected chi connectivity index (χ1v) is 14.2. The number of cyclic esters (lactones) is 1. The van der Waals surface area contributed by atoms with Crippen LogP contribution in [0, 0.1) is 17.5 Å². The van der Waals surface area contributed by atoms with Crippen molar-refractivity contribution >= 4 is 30.6 Å². The Morgan fingerprint density at radius 2 is 1.37 bits per heavy atom. The number of carbonyl (C=O) groups excluding carboxylic acids is 2. The van der Waals surface area contributed by atoms with Crippen LogP contribution in [0.5, 0.6) is 0 Å². The molecule has 0 N–H and O–H groups in total. The number of hydrogen-bond acceptors (Lipinski definition) is 4. The summed E-state index contributed by atoms with van der Waals surface area (Å²) in [4.78, 5) is 26.4. The lowest BCUT2D eigenvalue weighted by atomic mass is 9.90. The minimum absolute atomic E-state index is 0.0220. The molecule has 1 atom stereocenters. The molecule has 0 aliphatic carbocycles. The van der Waals surface area contributed by atoms with Crippen molar-refractivity contribution in [1.82, 2.24) is 4.90 Å². The van der Waals surface area contributed by atoms with Crippen LogP contribution in [0.3, 0.4) is 0 Å². The van der Waals surface area contributed by atoms with Crippen molar-refractivity contribution in [2.45, 2.75) is 38.3 Å². The third-order valence-corrected chi connectivity index (χ3v) is 12.1. The Hall–Kier alpha value is -3.43. The number of nitrogens with zero attached hydrogens (tertiary/aromatic N) is 1. The van der Waals surface area contributed by atoms with Crippen LogP contribution >= 0.6 is 0 Å². The van der Waals surface area contributed by atoms with E-state index in [0.717, 1.165) is 22.5 Å². The van der Waals surface area contributed by atoms with E-state index in [9.17, 15) is 22.8 Å². The largest absolute Gasteiger partial charge is 0.457 e. The van der Waals surface area contributed by atoms with Gasteiger partial charge in [0.1, 0.15) is 6.61 Å². The Morgan fingerprint density at radius 3 is 1.84 bits per heavy atom. The highest BCUT2D eigenvalue weighted by molar-refractivity contribution is 6.99. The number of ether oxygens (including phenoxy) is 1. The molecule has 4 rings (SSSR count). The van der Waals surface area contributed by atoms with Gasteiger partial charge in [0, 0.05) is 0 Å². The summed E-state index contributed by atoms with van der Waals surface area (Å²) < 4.78 is 54.7. The zero-order valence-corrected chi connectivity index (χ0v) is 22.8. The zero-order chi connectivity index (χ0) is 27.7. The Bertz CT molecular complexity index is 1270. The monoisotopic (exact) mass is 541 g/mol. The van der Waals surface area contributed by atoms with Gasteiger partial charge >= 0.3 is 11.9 Å². The molecule has 1 fully saturated rings. The van der Waals surface area contributed by atoms with Crippen LogP contribution in [0.25, 0.3) is 0 Å². The third kappa shape index (κ3) is 4.76. The van der Waals surface area contributed by atoms with Gasteiger partial charge in [0.05, 0.1) is 18.7 Å². The maximum absolute atomic E-state index is 14.5. The van der Waals surface area contributed by atoms with Crippen LogP contribution in [0.2, 0.25) is 5.04 Å². The lowest BCUT2D eigenvalue weighted by Gasteiger charge is -2.48. The summed E-state index contributed by atoms with van der Waals surface area (Å²) in [6.07, 6.45) is 0. The van der Waals surface area contributed by atoms with Gasteiger partial charge in [0.2, 0.25) is 0 Å². The molecule has 1 unspecified atom stereocenters. The molecule has 5 nitrogen and oxygen atoms in total. The van der Waals surface area contributed by atoms with Crippen molar-refractivity contribution in [3.8, 4) is 0 Å². The molecular weight excluding hydrogens is 511 g/mol. The van der Waals surface area contributed by atoms with Gasteiger partial charge < -0.3 is 14.1 Å². The van der Waals surface area contributed by atoms with E-state index in [1.165, 1.54) is 4.90 Å². The van der Waals surface area contributed by atoms with E-state index in [0.29, 0.717) is 0 Å². The summed E-state index contributed by atoms with van der Waals surface area (Å²) >= 11 is 0. The highest BCUT2D eigenvalue weighted by atomic mass is 28.4. The number of esters is 1. The van der Waals surface area contributed by atoms with Gasteiger partial charge in [-0.25, -0.2) is 18.0 Å². The first-order chi connectivity index (χ1) is 17.9. The van der Waals surface area contributed by atoms with E-state index in [1.807, 2.05) is 60.7 Å². The topological polar surface area (TPSA) is 55.8 Å². The van der Waals surface area contributed by atoms with Crippen molar-refractivity contribution in [3.63, 3.8) is 0 Å². The van der Waals surface area contributed by atoms with E-state index in [-0.39, 0.29) is 25.3 Å². The molecule has 3 aromatic rings. The molecular formula is C29H30F3NO4Si. The quantitative estimate of drug-likeness (QED) is 0.194. The van der Waals surface area contributed by atoms with Crippen molar-refractivity contribution in [3.05, 3.63) is 95.8 Å². The van der Waals surface area contributed by atoms with Gasteiger partial charge in [-0.15, -0.1) is 0 Å². The lowest BCUT2D eigenvalue weighted by molar-refractivity contribution is -0.172. The first-order valence-electron chi connectivity index (χ1n) is 12.3. The second-order valence-electron chi connectivity index (χ2n) is 10.6. The number of morpholine rings is 1. The number of amides is 1. The minimum atomic E-state index is -3.15. The maximum Gasteiger partial charge on any atom is 0.397 e. The molecule has 200 valence electrons. The smallest absolute Gasteiger partial charge is 0.397 e. The van der Waals surface area contributed by atoms with E-state index >= 15 is 0 Å². The fraction of sp³-hybridized carbons (Fsp3) is 0.310. The van der Waals surface area contributed by atoms with Crippen LogP contribution in [0.1, 0.15) is 33.3 Å². The fourth-order valence-electron chi connectivity index (χ4n) is 5.17. The standard InChI is InChI=1S/C29H30F3NO4Si/c1-28(2,3)38(21-11-7-5-8-12-21,22-13-9-6-10-14-22)37-19-29(4,33-15-16-36-27(35)26(33)34)20-17-23(30)25(32)24(31)18-20/h5-14,17-18H,15-16,19H2,1-4H3. The molecule has 38 heavy (non-hydrogen) atoms. The normalized spacial score (nSPS) is 16.2. The van der Waals surface area contributed by atoms with Crippen molar-refractivity contribution < 1.29 is 31.9 Å². The van der Waals surface area contributed by atoms with Crippen molar-refractivity contribution in [2.24, 2.45) is 0 Å². The third-order valence-electron chi connectivity index (χ3n) is 7.16. The van der Waals surface area contributed by atoms with Crippen LogP contribution in [-0.2, 0) is 24.3 Å². The summed E-state index contributed by atoms with van der Waals surface area (Å²) in [6, 6.07) is 21.1. The molecule has 0 spiro atoms. The van der Waals surface area contributed by atoms with Crippen LogP contribution in [-0.4, -0.2) is 44.9 Å². The SMILES string of the molecule is CC(CO[Si](c1ccccc1)(c1ccccc1)C(C)(C)C)(c1cc(F)c(F)c(F)c1)N1CCOC(=O)C1=O. The highest BCUT2D eigenvalue weighted by Gasteiger charge is 2.53. The molecule has 0 aromatic heterocycles. The predicted octanol–water partition coefficient (Wildman–Crippen LogP) is 4.28. The van der Waals surface area contributed by atoms with Crippen molar-refractivity contribution in [1.29, 1.82) is 0 Å². The maximum atomic E-state index is 14.5. The number of carbonyl (C=O) groups is 2. The second kappa shape index (κ2) is 10.4. The number of rotatable bonds is 7. The fourth-order valence-corrected chi connectivity index (χ4v) is 9.82. The van der Waals surface area contributed by atoms with E-state index in [4.69, 9.17) is 9.16 Å². The zero-order valence-electron chi connectivity index (χ0n) is 21.8. The van der Waals surface area contributed by atoms with Gasteiger partial charge in [-0.3, -0.25) is 4.79 Å². The summed E-state index contributed by atoms with van der Waals surface area (Å²) in [7, 11) is -3.15. The first kappa shape index (κ1) is 27.6. The molecule has 9 heteroatoms. The van der Waals surface area contributed by atoms with E-state index in [2.05, 4.69) is 20.8 Å². The van der Waals surface area contributed by atoms with Gasteiger partial charge in [-0.2, -0.15) is 0 Å². The Balaban J connectivity index is 1.91. The minimum Gasteiger partial charge on any atom is -0.457 e. The Labute approximate surface area is 221 Å². The molecule has 0 bridgehead atoms. The lowest BCUT2D eigenvalue weighted by Crippen LogP contribution is -2.68. The molecule has 3 aromatic carbocycles.